The lowest BCUT2D eigenvalue weighted by Gasteiger charge is -2.10. The van der Waals surface area contributed by atoms with Crippen LogP contribution >= 0.6 is 11.6 Å². The number of aromatic nitrogens is 1. The number of anilines is 1. The lowest BCUT2D eigenvalue weighted by Crippen LogP contribution is -2.16. The van der Waals surface area contributed by atoms with Gasteiger partial charge in [-0.3, -0.25) is 4.72 Å². The van der Waals surface area contributed by atoms with Crippen molar-refractivity contribution in [3.05, 3.63) is 46.2 Å². The number of aromatic carboxylic acids is 1. The molecular weight excluding hydrogens is 316 g/mol. The molecule has 21 heavy (non-hydrogen) atoms. The van der Waals surface area contributed by atoms with Crippen molar-refractivity contribution < 1.29 is 18.3 Å². The highest BCUT2D eigenvalue weighted by molar-refractivity contribution is 7.92. The molecule has 6 nitrogen and oxygen atoms in total. The fourth-order valence-electron chi connectivity index (χ4n) is 1.95. The molecule has 0 saturated carbocycles. The summed E-state index contributed by atoms with van der Waals surface area (Å²) in [7, 11) is -3.90. The molecule has 0 atom stereocenters. The number of carboxylic acids is 1. The van der Waals surface area contributed by atoms with Crippen LogP contribution in [0.3, 0.4) is 0 Å². The monoisotopic (exact) mass is 328 g/mol. The molecule has 0 saturated heterocycles. The highest BCUT2D eigenvalue weighted by atomic mass is 35.5. The molecule has 0 amide bonds. The molecule has 0 aliphatic heterocycles. The predicted molar refractivity (Wildman–Crippen MR) is 79.5 cm³/mol. The van der Waals surface area contributed by atoms with Crippen molar-refractivity contribution in [3.8, 4) is 0 Å². The van der Waals surface area contributed by atoms with Crippen molar-refractivity contribution in [3.63, 3.8) is 0 Å². The zero-order valence-electron chi connectivity index (χ0n) is 11.3. The molecule has 1 aromatic heterocycles. The normalized spacial score (nSPS) is 11.4. The second-order valence-electron chi connectivity index (χ2n) is 4.56. The van der Waals surface area contributed by atoms with Gasteiger partial charge in [0.15, 0.2) is 0 Å². The first kappa shape index (κ1) is 15.4. The summed E-state index contributed by atoms with van der Waals surface area (Å²) in [5.41, 5.74) is 0.800. The fourth-order valence-corrected chi connectivity index (χ4v) is 3.47. The molecule has 0 bridgehead atoms. The number of sulfonamides is 1. The molecule has 0 aliphatic rings. The van der Waals surface area contributed by atoms with E-state index >= 15 is 0 Å². The summed E-state index contributed by atoms with van der Waals surface area (Å²) in [6, 6.07) is 5.78. The first-order valence-electron chi connectivity index (χ1n) is 5.92. The van der Waals surface area contributed by atoms with Gasteiger partial charge >= 0.3 is 5.97 Å². The molecule has 0 radical (unpaired) electrons. The molecule has 1 aromatic carbocycles. The lowest BCUT2D eigenvalue weighted by molar-refractivity contribution is 0.0692. The van der Waals surface area contributed by atoms with E-state index in [4.69, 9.17) is 16.7 Å². The van der Waals surface area contributed by atoms with E-state index in [2.05, 4.69) is 9.71 Å². The van der Waals surface area contributed by atoms with Gasteiger partial charge in [-0.2, -0.15) is 0 Å². The van der Waals surface area contributed by atoms with E-state index in [9.17, 15) is 13.2 Å². The minimum absolute atomic E-state index is 0.00523. The zero-order valence-corrected chi connectivity index (χ0v) is 12.8. The molecule has 2 rings (SSSR count). The van der Waals surface area contributed by atoms with Crippen molar-refractivity contribution >= 4 is 33.3 Å². The zero-order chi connectivity index (χ0) is 15.8. The number of H-pyrrole nitrogens is 1. The maximum Gasteiger partial charge on any atom is 0.354 e. The predicted octanol–water partition coefficient (Wildman–Crippen LogP) is 2.78. The molecule has 0 spiro atoms. The van der Waals surface area contributed by atoms with E-state index in [1.165, 1.54) is 24.3 Å². The number of halogens is 1. The van der Waals surface area contributed by atoms with Crippen LogP contribution < -0.4 is 4.72 Å². The second-order valence-corrected chi connectivity index (χ2v) is 6.65. The summed E-state index contributed by atoms with van der Waals surface area (Å²) in [4.78, 5) is 13.7. The summed E-state index contributed by atoms with van der Waals surface area (Å²) >= 11 is 5.80. The van der Waals surface area contributed by atoms with Crippen LogP contribution in [0.5, 0.6) is 0 Å². The van der Waals surface area contributed by atoms with Gasteiger partial charge in [0.25, 0.3) is 10.0 Å². The van der Waals surface area contributed by atoms with Crippen molar-refractivity contribution in [1.82, 2.24) is 4.98 Å². The average molecular weight is 329 g/mol. The van der Waals surface area contributed by atoms with Crippen molar-refractivity contribution in [2.24, 2.45) is 0 Å². The van der Waals surface area contributed by atoms with Gasteiger partial charge < -0.3 is 10.1 Å². The number of rotatable bonds is 4. The van der Waals surface area contributed by atoms with E-state index in [1.807, 2.05) is 0 Å². The highest BCUT2D eigenvalue weighted by Crippen LogP contribution is 2.24. The highest BCUT2D eigenvalue weighted by Gasteiger charge is 2.21. The summed E-state index contributed by atoms with van der Waals surface area (Å²) in [6.07, 6.45) is 0. The Morgan fingerprint density at radius 3 is 2.52 bits per heavy atom. The number of hydrogen-bond acceptors (Lipinski definition) is 3. The Bertz CT molecular complexity index is 812. The van der Waals surface area contributed by atoms with E-state index in [0.29, 0.717) is 16.3 Å². The topological polar surface area (TPSA) is 99.3 Å². The van der Waals surface area contributed by atoms with Crippen LogP contribution in [0.2, 0.25) is 5.02 Å². The number of aryl methyl sites for hydroxylation is 2. The van der Waals surface area contributed by atoms with E-state index < -0.39 is 16.0 Å². The molecule has 0 aliphatic carbocycles. The smallest absolute Gasteiger partial charge is 0.354 e. The van der Waals surface area contributed by atoms with Gasteiger partial charge in [-0.05, 0) is 43.7 Å². The van der Waals surface area contributed by atoms with Crippen molar-refractivity contribution in [2.45, 2.75) is 18.7 Å². The Balaban J connectivity index is 2.45. The third-order valence-electron chi connectivity index (χ3n) is 2.84. The fraction of sp³-hybridized carbons (Fsp3) is 0.154. The van der Waals surface area contributed by atoms with Crippen LogP contribution in [0.4, 0.5) is 5.69 Å². The van der Waals surface area contributed by atoms with E-state index in [1.54, 1.807) is 13.8 Å². The maximum atomic E-state index is 12.4. The van der Waals surface area contributed by atoms with Gasteiger partial charge in [0.2, 0.25) is 0 Å². The number of benzene rings is 1. The summed E-state index contributed by atoms with van der Waals surface area (Å²) in [6.45, 7) is 3.25. The van der Waals surface area contributed by atoms with Gasteiger partial charge in [0, 0.05) is 10.7 Å². The number of nitrogens with one attached hydrogen (secondary N) is 2. The average Bonchev–Trinajstić information content (AvgIpc) is 2.68. The van der Waals surface area contributed by atoms with Crippen LogP contribution in [0.1, 0.15) is 21.7 Å². The molecule has 0 unspecified atom stereocenters. The number of aromatic amines is 1. The number of hydrogen-bond donors (Lipinski definition) is 3. The van der Waals surface area contributed by atoms with E-state index in [-0.39, 0.29) is 16.3 Å². The van der Waals surface area contributed by atoms with Crippen LogP contribution in [-0.2, 0) is 10.0 Å². The van der Waals surface area contributed by atoms with Gasteiger partial charge in [-0.25, -0.2) is 13.2 Å². The minimum Gasteiger partial charge on any atom is -0.477 e. The SMILES string of the molecule is Cc1cc(NS(=O)(=O)c2ccc(Cl)cc2C)c(C(=O)O)[nH]1. The number of carbonyl (C=O) groups is 1. The van der Waals surface area contributed by atoms with E-state index in [0.717, 1.165) is 0 Å². The van der Waals surface area contributed by atoms with Crippen LogP contribution in [0, 0.1) is 13.8 Å². The lowest BCUT2D eigenvalue weighted by atomic mass is 10.2. The molecule has 3 N–H and O–H groups in total. The van der Waals surface area contributed by atoms with Crippen molar-refractivity contribution in [1.29, 1.82) is 0 Å². The van der Waals surface area contributed by atoms with Crippen molar-refractivity contribution in [2.75, 3.05) is 4.72 Å². The van der Waals surface area contributed by atoms with Gasteiger partial charge in [-0.15, -0.1) is 0 Å². The second kappa shape index (κ2) is 5.42. The van der Waals surface area contributed by atoms with Gasteiger partial charge in [0.1, 0.15) is 5.69 Å². The Morgan fingerprint density at radius 2 is 1.95 bits per heavy atom. The Morgan fingerprint density at radius 1 is 1.29 bits per heavy atom. The molecular formula is C13H13ClN2O4S. The van der Waals surface area contributed by atoms with Gasteiger partial charge in [-0.1, -0.05) is 11.6 Å². The molecule has 112 valence electrons. The van der Waals surface area contributed by atoms with Gasteiger partial charge in [0.05, 0.1) is 10.6 Å². The summed E-state index contributed by atoms with van der Waals surface area (Å²) < 4.78 is 27.0. The number of carboxylic acid groups (broad SMARTS) is 1. The quantitative estimate of drug-likeness (QED) is 0.803. The Labute approximate surface area is 126 Å². The largest absolute Gasteiger partial charge is 0.477 e. The third-order valence-corrected chi connectivity index (χ3v) is 4.60. The molecule has 2 aromatic rings. The van der Waals surface area contributed by atoms with Crippen LogP contribution in [0.25, 0.3) is 0 Å². The molecule has 0 fully saturated rings. The molecule has 1 heterocycles. The summed E-state index contributed by atoms with van der Waals surface area (Å²) in [5, 5.41) is 9.48. The molecule has 8 heteroatoms. The first-order valence-corrected chi connectivity index (χ1v) is 7.78. The maximum absolute atomic E-state index is 12.4. The Kier molecular flexibility index (Phi) is 3.97. The minimum atomic E-state index is -3.90. The van der Waals surface area contributed by atoms with Crippen LogP contribution in [-0.4, -0.2) is 24.5 Å². The summed E-state index contributed by atoms with van der Waals surface area (Å²) in [5.74, 6) is -1.24. The third kappa shape index (κ3) is 3.20. The Hall–Kier alpha value is -1.99. The van der Waals surface area contributed by atoms with Crippen LogP contribution in [0.15, 0.2) is 29.2 Å². The standard InChI is InChI=1S/C13H13ClN2O4S/c1-7-5-9(14)3-4-11(7)21(19,20)16-10-6-8(2)15-12(10)13(17)18/h3-6,15-16H,1-2H3,(H,17,18). The first-order chi connectivity index (χ1) is 9.70.